The monoisotopic (exact) mass is 540 g/mol. The van der Waals surface area contributed by atoms with Gasteiger partial charge in [0.15, 0.2) is 5.78 Å². The van der Waals surface area contributed by atoms with Gasteiger partial charge in [-0.2, -0.15) is 10.2 Å². The molecule has 206 valence electrons. The normalized spacial score (nSPS) is 21.4. The van der Waals surface area contributed by atoms with Crippen molar-refractivity contribution in [2.75, 3.05) is 6.54 Å². The topological polar surface area (TPSA) is 128 Å². The molecule has 1 aliphatic heterocycles. The molecule has 11 nitrogen and oxygen atoms in total. The Kier molecular flexibility index (Phi) is 6.24. The molecule has 0 unspecified atom stereocenters. The van der Waals surface area contributed by atoms with E-state index in [9.17, 15) is 14.4 Å². The Hall–Kier alpha value is -4.41. The summed E-state index contributed by atoms with van der Waals surface area (Å²) in [6.07, 6.45) is 8.57. The van der Waals surface area contributed by atoms with E-state index in [1.165, 1.54) is 6.92 Å². The third-order valence-corrected chi connectivity index (χ3v) is 8.19. The number of aromatic nitrogens is 6. The second-order valence-electron chi connectivity index (χ2n) is 11.2. The largest absolute Gasteiger partial charge is 0.352 e. The quantitative estimate of drug-likeness (QED) is 0.340. The Morgan fingerprint density at radius 3 is 2.58 bits per heavy atom. The third-order valence-electron chi connectivity index (χ3n) is 8.19. The Morgan fingerprint density at radius 1 is 1.10 bits per heavy atom. The van der Waals surface area contributed by atoms with E-state index in [0.717, 1.165) is 28.6 Å². The van der Waals surface area contributed by atoms with Crippen molar-refractivity contribution in [3.8, 4) is 11.1 Å². The molecule has 2 amide bonds. The van der Waals surface area contributed by atoms with Gasteiger partial charge in [0.25, 0.3) is 0 Å². The number of carbonyl (C=O) groups is 3. The van der Waals surface area contributed by atoms with Crippen molar-refractivity contribution in [2.45, 2.75) is 65.7 Å². The number of hydrogen-bond acceptors (Lipinski definition) is 7. The SMILES string of the molecule is CC(=O)c1nn(CC(=O)N2[C@H](C(=O)NCCn3cccn3)C[C@@]3(C)C[C@@H]23)c2c(C)cc(-c3cnc(C)nc3)cc12. The lowest BCUT2D eigenvalue weighted by Crippen LogP contribution is -2.49. The van der Waals surface area contributed by atoms with Crippen LogP contribution in [-0.4, -0.2) is 70.7 Å². The maximum atomic E-state index is 13.8. The Labute approximate surface area is 231 Å². The van der Waals surface area contributed by atoms with Crippen LogP contribution in [0.3, 0.4) is 0 Å². The van der Waals surface area contributed by atoms with Crippen LogP contribution in [0.4, 0.5) is 0 Å². The summed E-state index contributed by atoms with van der Waals surface area (Å²) in [4.78, 5) is 49.9. The summed E-state index contributed by atoms with van der Waals surface area (Å²) in [5, 5.41) is 12.4. The highest BCUT2D eigenvalue weighted by Gasteiger charge is 2.64. The van der Waals surface area contributed by atoms with E-state index in [1.807, 2.05) is 38.2 Å². The first-order valence-electron chi connectivity index (χ1n) is 13.5. The predicted molar refractivity (Wildman–Crippen MR) is 147 cm³/mol. The summed E-state index contributed by atoms with van der Waals surface area (Å²) in [6, 6.07) is 5.24. The van der Waals surface area contributed by atoms with Gasteiger partial charge < -0.3 is 10.2 Å². The molecule has 0 bridgehead atoms. The van der Waals surface area contributed by atoms with Crippen molar-refractivity contribution in [1.82, 2.24) is 39.7 Å². The molecule has 1 aromatic carbocycles. The number of fused-ring (bicyclic) bond motifs is 2. The van der Waals surface area contributed by atoms with Crippen LogP contribution in [0.1, 0.15) is 48.6 Å². The van der Waals surface area contributed by atoms with E-state index in [2.05, 4.69) is 32.4 Å². The summed E-state index contributed by atoms with van der Waals surface area (Å²) in [5.41, 5.74) is 3.59. The summed E-state index contributed by atoms with van der Waals surface area (Å²) in [5.74, 6) is 0.173. The van der Waals surface area contributed by atoms with Crippen LogP contribution in [0.2, 0.25) is 0 Å². The Bertz CT molecular complexity index is 1630. The van der Waals surface area contributed by atoms with Crippen molar-refractivity contribution in [3.05, 3.63) is 60.1 Å². The van der Waals surface area contributed by atoms with Crippen molar-refractivity contribution in [3.63, 3.8) is 0 Å². The molecular formula is C29H32N8O3. The third kappa shape index (κ3) is 4.55. The molecule has 1 saturated carbocycles. The number of likely N-dealkylation sites (tertiary alicyclic amines) is 1. The second-order valence-corrected chi connectivity index (χ2v) is 11.2. The summed E-state index contributed by atoms with van der Waals surface area (Å²) in [7, 11) is 0. The lowest BCUT2D eigenvalue weighted by atomic mass is 10.0. The summed E-state index contributed by atoms with van der Waals surface area (Å²) < 4.78 is 3.37. The minimum absolute atomic E-state index is 0.0326. The number of carbonyl (C=O) groups excluding carboxylic acids is 3. The molecule has 4 heterocycles. The lowest BCUT2D eigenvalue weighted by Gasteiger charge is -2.27. The van der Waals surface area contributed by atoms with Crippen LogP contribution in [0.5, 0.6) is 0 Å². The van der Waals surface area contributed by atoms with E-state index >= 15 is 0 Å². The molecule has 11 heteroatoms. The molecule has 4 aromatic rings. The number of nitrogens with one attached hydrogen (secondary N) is 1. The lowest BCUT2D eigenvalue weighted by molar-refractivity contribution is -0.140. The van der Waals surface area contributed by atoms with Crippen molar-refractivity contribution in [1.29, 1.82) is 0 Å². The van der Waals surface area contributed by atoms with Gasteiger partial charge in [0.2, 0.25) is 11.8 Å². The minimum Gasteiger partial charge on any atom is -0.352 e. The van der Waals surface area contributed by atoms with Gasteiger partial charge in [0, 0.05) is 55.2 Å². The van der Waals surface area contributed by atoms with Crippen LogP contribution in [0, 0.1) is 19.3 Å². The summed E-state index contributed by atoms with van der Waals surface area (Å²) in [6.45, 7) is 8.31. The standard InChI is InChI=1S/C29H32N8O3/c1-17-10-20(21-14-31-19(3)32-15-21)11-22-26(18(2)38)34-36(27(17)22)16-25(39)37-23(12-29(4)13-24(29)37)28(40)30-7-9-35-8-5-6-33-35/h5-6,8,10-11,14-15,23-24H,7,9,12-13,16H2,1-4H3,(H,30,40)/t23-,24+,29-/m0/s1. The fraction of sp³-hybridized carbons (Fsp3) is 0.414. The molecule has 1 saturated heterocycles. The van der Waals surface area contributed by atoms with Gasteiger partial charge in [0.1, 0.15) is 24.1 Å². The van der Waals surface area contributed by atoms with Crippen molar-refractivity contribution in [2.24, 2.45) is 5.41 Å². The van der Waals surface area contributed by atoms with Crippen molar-refractivity contribution < 1.29 is 14.4 Å². The maximum absolute atomic E-state index is 13.8. The molecule has 40 heavy (non-hydrogen) atoms. The number of benzene rings is 1. The molecule has 6 rings (SSSR count). The molecule has 2 fully saturated rings. The molecular weight excluding hydrogens is 508 g/mol. The van der Waals surface area contributed by atoms with Crippen molar-refractivity contribution >= 4 is 28.5 Å². The Morgan fingerprint density at radius 2 is 1.88 bits per heavy atom. The van der Waals surface area contributed by atoms with Gasteiger partial charge in [-0.3, -0.25) is 23.7 Å². The smallest absolute Gasteiger partial charge is 0.245 e. The average molecular weight is 541 g/mol. The zero-order valence-corrected chi connectivity index (χ0v) is 23.1. The highest BCUT2D eigenvalue weighted by molar-refractivity contribution is 6.07. The van der Waals surface area contributed by atoms with Gasteiger partial charge in [-0.05, 0) is 61.4 Å². The minimum atomic E-state index is -0.530. The van der Waals surface area contributed by atoms with Crippen LogP contribution in [-0.2, 0) is 22.7 Å². The fourth-order valence-corrected chi connectivity index (χ4v) is 6.02. The molecule has 3 aromatic heterocycles. The van der Waals surface area contributed by atoms with Gasteiger partial charge in [-0.15, -0.1) is 0 Å². The highest BCUT2D eigenvalue weighted by atomic mass is 16.2. The number of aryl methyl sites for hydroxylation is 2. The molecule has 0 spiro atoms. The Balaban J connectivity index is 1.26. The maximum Gasteiger partial charge on any atom is 0.245 e. The molecule has 2 aliphatic rings. The zero-order chi connectivity index (χ0) is 28.2. The van der Waals surface area contributed by atoms with E-state index < -0.39 is 6.04 Å². The van der Waals surface area contributed by atoms with Gasteiger partial charge in [-0.25, -0.2) is 9.97 Å². The number of piperidine rings is 1. The predicted octanol–water partition coefficient (Wildman–Crippen LogP) is 2.71. The number of hydrogen-bond donors (Lipinski definition) is 1. The van der Waals surface area contributed by atoms with Crippen LogP contribution in [0.15, 0.2) is 43.0 Å². The first-order valence-corrected chi connectivity index (χ1v) is 13.5. The number of amides is 2. The van der Waals surface area contributed by atoms with E-state index in [4.69, 9.17) is 0 Å². The number of ketones is 1. The number of rotatable bonds is 8. The van der Waals surface area contributed by atoms with E-state index in [1.54, 1.807) is 32.9 Å². The average Bonchev–Trinajstić information content (AvgIpc) is 3.30. The van der Waals surface area contributed by atoms with Crippen LogP contribution in [0.25, 0.3) is 22.0 Å². The first kappa shape index (κ1) is 25.8. The number of nitrogens with zero attached hydrogens (tertiary/aromatic N) is 7. The van der Waals surface area contributed by atoms with Gasteiger partial charge in [-0.1, -0.05) is 6.92 Å². The fourth-order valence-electron chi connectivity index (χ4n) is 6.02. The highest BCUT2D eigenvalue weighted by Crippen LogP contribution is 2.59. The number of Topliss-reactive ketones (excluding diaryl/α,β-unsaturated/α-hetero) is 1. The van der Waals surface area contributed by atoms with Gasteiger partial charge >= 0.3 is 0 Å². The van der Waals surface area contributed by atoms with E-state index in [0.29, 0.717) is 36.4 Å². The zero-order valence-electron chi connectivity index (χ0n) is 23.1. The first-order chi connectivity index (χ1) is 19.1. The molecule has 3 atom stereocenters. The van der Waals surface area contributed by atoms with Gasteiger partial charge in [0.05, 0.1) is 12.1 Å². The van der Waals surface area contributed by atoms with Crippen LogP contribution < -0.4 is 5.32 Å². The summed E-state index contributed by atoms with van der Waals surface area (Å²) >= 11 is 0. The molecule has 1 aliphatic carbocycles. The second kappa shape index (κ2) is 9.65. The molecule has 1 N–H and O–H groups in total. The van der Waals surface area contributed by atoms with Crippen LogP contribution >= 0.6 is 0 Å². The van der Waals surface area contributed by atoms with E-state index in [-0.39, 0.29) is 35.6 Å². The molecule has 0 radical (unpaired) electrons.